The maximum atomic E-state index is 12.1. The number of hydrogen-bond donors (Lipinski definition) is 1. The second-order valence-electron chi connectivity index (χ2n) is 9.42. The quantitative estimate of drug-likeness (QED) is 0.608. The predicted octanol–water partition coefficient (Wildman–Crippen LogP) is 4.87. The van der Waals surface area contributed by atoms with Gasteiger partial charge in [-0.2, -0.15) is 0 Å². The maximum Gasteiger partial charge on any atom is 0.252 e. The zero-order valence-electron chi connectivity index (χ0n) is 20.3. The first kappa shape index (κ1) is 25.2. The van der Waals surface area contributed by atoms with Gasteiger partial charge < -0.3 is 10.2 Å². The second-order valence-corrected chi connectivity index (χ2v) is 10.3. The fourth-order valence-corrected chi connectivity index (χ4v) is 5.73. The summed E-state index contributed by atoms with van der Waals surface area (Å²) < 4.78 is 0. The number of aromatic nitrogens is 1. The SMILES string of the molecule is CCNC(=O)c1cnc(N2CCN(C3CCN(C(C)c4ccc(Cl)cc4)CC3)[C@@H](C)C2)c(Cl)c1. The number of nitrogens with zero attached hydrogens (tertiary/aromatic N) is 4. The van der Waals surface area contributed by atoms with Crippen LogP contribution in [0, 0.1) is 0 Å². The summed E-state index contributed by atoms with van der Waals surface area (Å²) in [6.07, 6.45) is 3.99. The Labute approximate surface area is 213 Å². The zero-order chi connectivity index (χ0) is 24.2. The molecule has 34 heavy (non-hydrogen) atoms. The van der Waals surface area contributed by atoms with Gasteiger partial charge in [-0.1, -0.05) is 35.3 Å². The van der Waals surface area contributed by atoms with Gasteiger partial charge in [0.05, 0.1) is 10.6 Å². The van der Waals surface area contributed by atoms with Gasteiger partial charge in [0, 0.05) is 68.6 Å². The number of carbonyl (C=O) groups is 1. The Morgan fingerprint density at radius 1 is 1.15 bits per heavy atom. The van der Waals surface area contributed by atoms with E-state index in [9.17, 15) is 4.79 Å². The Bertz CT molecular complexity index is 978. The van der Waals surface area contributed by atoms with Crippen LogP contribution in [0.5, 0.6) is 0 Å². The predicted molar refractivity (Wildman–Crippen MR) is 140 cm³/mol. The van der Waals surface area contributed by atoms with E-state index in [4.69, 9.17) is 23.2 Å². The van der Waals surface area contributed by atoms with Gasteiger partial charge in [-0.3, -0.25) is 14.6 Å². The van der Waals surface area contributed by atoms with E-state index < -0.39 is 0 Å². The number of halogens is 2. The molecule has 1 amide bonds. The molecule has 0 spiro atoms. The molecule has 1 aromatic heterocycles. The molecular weight excluding hydrogens is 469 g/mol. The smallest absolute Gasteiger partial charge is 0.252 e. The Balaban J connectivity index is 1.32. The molecule has 3 heterocycles. The minimum absolute atomic E-state index is 0.140. The van der Waals surface area contributed by atoms with Crippen LogP contribution in [0.2, 0.25) is 10.0 Å². The summed E-state index contributed by atoms with van der Waals surface area (Å²) >= 11 is 12.6. The fraction of sp³-hybridized carbons (Fsp3) is 0.538. The Morgan fingerprint density at radius 2 is 1.85 bits per heavy atom. The first-order valence-electron chi connectivity index (χ1n) is 12.3. The highest BCUT2D eigenvalue weighted by Gasteiger charge is 2.33. The molecule has 8 heteroatoms. The highest BCUT2D eigenvalue weighted by Crippen LogP contribution is 2.31. The van der Waals surface area contributed by atoms with Crippen LogP contribution in [0.3, 0.4) is 0 Å². The Hall–Kier alpha value is -1.86. The van der Waals surface area contributed by atoms with Crippen molar-refractivity contribution in [2.75, 3.05) is 44.2 Å². The van der Waals surface area contributed by atoms with Crippen LogP contribution in [0.1, 0.15) is 55.6 Å². The number of hydrogen-bond acceptors (Lipinski definition) is 5. The molecule has 2 aliphatic heterocycles. The number of rotatable bonds is 6. The Morgan fingerprint density at radius 3 is 2.47 bits per heavy atom. The maximum absolute atomic E-state index is 12.1. The van der Waals surface area contributed by atoms with E-state index in [-0.39, 0.29) is 5.91 Å². The van der Waals surface area contributed by atoms with Crippen molar-refractivity contribution < 1.29 is 4.79 Å². The third-order valence-electron chi connectivity index (χ3n) is 7.27. The molecule has 4 rings (SSSR count). The number of nitrogens with one attached hydrogen (secondary N) is 1. The number of amides is 1. The van der Waals surface area contributed by atoms with Crippen molar-refractivity contribution in [2.24, 2.45) is 0 Å². The highest BCUT2D eigenvalue weighted by atomic mass is 35.5. The molecule has 2 aromatic rings. The third kappa shape index (κ3) is 5.68. The lowest BCUT2D eigenvalue weighted by molar-refractivity contribution is 0.0583. The van der Waals surface area contributed by atoms with Crippen LogP contribution >= 0.6 is 23.2 Å². The molecule has 2 saturated heterocycles. The van der Waals surface area contributed by atoms with Crippen LogP contribution in [-0.4, -0.2) is 72.0 Å². The van der Waals surface area contributed by atoms with Crippen LogP contribution in [0.15, 0.2) is 36.5 Å². The molecule has 1 aromatic carbocycles. The molecule has 2 aliphatic rings. The summed E-state index contributed by atoms with van der Waals surface area (Å²) in [4.78, 5) is 24.1. The number of anilines is 1. The molecule has 0 radical (unpaired) electrons. The molecule has 6 nitrogen and oxygen atoms in total. The lowest BCUT2D eigenvalue weighted by Gasteiger charge is -2.47. The van der Waals surface area contributed by atoms with Gasteiger partial charge in [0.1, 0.15) is 5.82 Å². The molecule has 2 atom stereocenters. The van der Waals surface area contributed by atoms with Crippen LogP contribution in [0.4, 0.5) is 5.82 Å². The number of piperidine rings is 1. The van der Waals surface area contributed by atoms with Crippen molar-refractivity contribution in [1.82, 2.24) is 20.1 Å². The molecule has 0 bridgehead atoms. The van der Waals surface area contributed by atoms with Gasteiger partial charge >= 0.3 is 0 Å². The number of piperazine rings is 1. The van der Waals surface area contributed by atoms with E-state index in [1.54, 1.807) is 12.3 Å². The van der Waals surface area contributed by atoms with Crippen molar-refractivity contribution in [2.45, 2.75) is 51.7 Å². The first-order valence-corrected chi connectivity index (χ1v) is 13.1. The Kier molecular flexibility index (Phi) is 8.35. The van der Waals surface area contributed by atoms with Gasteiger partial charge in [0.2, 0.25) is 0 Å². The van der Waals surface area contributed by atoms with Crippen molar-refractivity contribution >= 4 is 34.9 Å². The summed E-state index contributed by atoms with van der Waals surface area (Å²) in [5, 5.41) is 4.12. The normalized spacial score (nSPS) is 21.4. The molecular formula is C26H35Cl2N5O. The van der Waals surface area contributed by atoms with Crippen molar-refractivity contribution in [3.8, 4) is 0 Å². The minimum atomic E-state index is -0.140. The zero-order valence-corrected chi connectivity index (χ0v) is 21.8. The van der Waals surface area contributed by atoms with E-state index in [1.807, 2.05) is 19.1 Å². The van der Waals surface area contributed by atoms with Crippen molar-refractivity contribution in [3.63, 3.8) is 0 Å². The van der Waals surface area contributed by atoms with Gasteiger partial charge in [0.25, 0.3) is 5.91 Å². The molecule has 2 fully saturated rings. The molecule has 184 valence electrons. The van der Waals surface area contributed by atoms with Gasteiger partial charge in [0.15, 0.2) is 0 Å². The van der Waals surface area contributed by atoms with Crippen LogP contribution in [-0.2, 0) is 0 Å². The number of carbonyl (C=O) groups excluding carboxylic acids is 1. The molecule has 1 N–H and O–H groups in total. The largest absolute Gasteiger partial charge is 0.353 e. The van der Waals surface area contributed by atoms with Crippen LogP contribution < -0.4 is 10.2 Å². The lowest BCUT2D eigenvalue weighted by Crippen LogP contribution is -2.57. The average molecular weight is 505 g/mol. The van der Waals surface area contributed by atoms with E-state index >= 15 is 0 Å². The summed E-state index contributed by atoms with van der Waals surface area (Å²) in [7, 11) is 0. The van der Waals surface area contributed by atoms with E-state index in [2.05, 4.69) is 51.0 Å². The summed E-state index contributed by atoms with van der Waals surface area (Å²) in [6.45, 7) is 12.0. The van der Waals surface area contributed by atoms with Gasteiger partial charge in [-0.05, 0) is 57.4 Å². The third-order valence-corrected chi connectivity index (χ3v) is 7.80. The number of likely N-dealkylation sites (tertiary alicyclic amines) is 1. The van der Waals surface area contributed by atoms with E-state index in [0.29, 0.717) is 35.3 Å². The molecule has 0 saturated carbocycles. The summed E-state index contributed by atoms with van der Waals surface area (Å²) in [6, 6.07) is 11.4. The van der Waals surface area contributed by atoms with E-state index in [0.717, 1.165) is 43.6 Å². The second kappa shape index (κ2) is 11.3. The summed E-state index contributed by atoms with van der Waals surface area (Å²) in [5.41, 5.74) is 1.83. The van der Waals surface area contributed by atoms with Crippen LogP contribution in [0.25, 0.3) is 0 Å². The minimum Gasteiger partial charge on any atom is -0.353 e. The van der Waals surface area contributed by atoms with E-state index in [1.165, 1.54) is 18.4 Å². The lowest BCUT2D eigenvalue weighted by atomic mass is 9.97. The topological polar surface area (TPSA) is 51.7 Å². The van der Waals surface area contributed by atoms with Gasteiger partial charge in [-0.25, -0.2) is 4.98 Å². The number of benzene rings is 1. The molecule has 0 aliphatic carbocycles. The van der Waals surface area contributed by atoms with Crippen molar-refractivity contribution in [3.05, 3.63) is 57.7 Å². The summed E-state index contributed by atoms with van der Waals surface area (Å²) in [5.74, 6) is 0.631. The molecule has 1 unspecified atom stereocenters. The van der Waals surface area contributed by atoms with Gasteiger partial charge in [-0.15, -0.1) is 0 Å². The highest BCUT2D eigenvalue weighted by molar-refractivity contribution is 6.33. The monoisotopic (exact) mass is 503 g/mol. The average Bonchev–Trinajstić information content (AvgIpc) is 2.84. The standard InChI is InChI=1S/C26H35Cl2N5O/c1-4-29-26(34)21-15-24(28)25(30-16-21)32-13-14-33(18(2)17-32)23-9-11-31(12-10-23)19(3)20-5-7-22(27)8-6-20/h5-8,15-16,18-19,23H,4,9-14,17H2,1-3H3,(H,29,34)/t18-,19?/m0/s1. The fourth-order valence-electron chi connectivity index (χ4n) is 5.31. The number of pyridine rings is 1. The van der Waals surface area contributed by atoms with Crippen molar-refractivity contribution in [1.29, 1.82) is 0 Å². The first-order chi connectivity index (χ1) is 16.4.